The molecule has 2 aliphatic rings. The van der Waals surface area contributed by atoms with E-state index in [9.17, 15) is 14.7 Å². The quantitative estimate of drug-likeness (QED) is 0.383. The van der Waals surface area contributed by atoms with Gasteiger partial charge in [0.2, 0.25) is 5.78 Å². The van der Waals surface area contributed by atoms with E-state index in [2.05, 4.69) is 13.8 Å². The molecule has 1 aromatic carbocycles. The lowest BCUT2D eigenvalue weighted by molar-refractivity contribution is -0.895. The van der Waals surface area contributed by atoms with Crippen LogP contribution in [-0.4, -0.2) is 56.0 Å². The van der Waals surface area contributed by atoms with Gasteiger partial charge in [0.1, 0.15) is 30.8 Å². The van der Waals surface area contributed by atoms with Crippen LogP contribution in [0.4, 0.5) is 0 Å². The molecule has 170 valence electrons. The average molecular weight is 440 g/mol. The van der Waals surface area contributed by atoms with E-state index in [4.69, 9.17) is 13.9 Å². The number of nitrogens with zero attached hydrogens (tertiary/aromatic N) is 1. The standard InChI is InChI=1S/C24H28N2O6/c1-4-25(5-2)10-11-26-21(18-8-6-15(3)32-18)20(23(28)24(26)29)22(27)16-7-9-17-19(14-16)31-13-12-30-17/h6-9,14,21,27H,4-5,10-13H2,1-3H3. The Kier molecular flexibility index (Phi) is 6.23. The summed E-state index contributed by atoms with van der Waals surface area (Å²) in [5.74, 6) is 0.108. The average Bonchev–Trinajstić information content (AvgIpc) is 3.34. The number of likely N-dealkylation sites (N-methyl/N-ethyl adjacent to an activating group) is 1. The van der Waals surface area contributed by atoms with Crippen molar-refractivity contribution in [2.24, 2.45) is 0 Å². The van der Waals surface area contributed by atoms with Gasteiger partial charge < -0.3 is 28.8 Å². The van der Waals surface area contributed by atoms with Crippen LogP contribution in [0.3, 0.4) is 0 Å². The fraction of sp³-hybridized carbons (Fsp3) is 0.417. The minimum atomic E-state index is -0.848. The van der Waals surface area contributed by atoms with E-state index < -0.39 is 23.5 Å². The Morgan fingerprint density at radius 1 is 1.09 bits per heavy atom. The molecule has 1 aromatic heterocycles. The van der Waals surface area contributed by atoms with Crippen molar-refractivity contribution in [2.75, 3.05) is 39.4 Å². The van der Waals surface area contributed by atoms with Crippen LogP contribution in [0.15, 0.2) is 40.3 Å². The van der Waals surface area contributed by atoms with Gasteiger partial charge in [-0.1, -0.05) is 11.8 Å². The van der Waals surface area contributed by atoms with Crippen LogP contribution in [0.5, 0.6) is 11.5 Å². The number of hydrogen-bond acceptors (Lipinski definition) is 6. The molecule has 1 fully saturated rings. The van der Waals surface area contributed by atoms with Gasteiger partial charge in [-0.3, -0.25) is 9.59 Å². The van der Waals surface area contributed by atoms with Gasteiger partial charge in [-0.15, -0.1) is 0 Å². The number of carbonyl (C=O) groups is 2. The van der Waals surface area contributed by atoms with Crippen LogP contribution in [-0.2, 0) is 9.59 Å². The van der Waals surface area contributed by atoms with E-state index in [1.54, 1.807) is 37.3 Å². The number of ether oxygens (including phenoxy) is 2. The lowest BCUT2D eigenvalue weighted by atomic mass is 9.99. The zero-order valence-corrected chi connectivity index (χ0v) is 18.6. The Morgan fingerprint density at radius 3 is 2.47 bits per heavy atom. The Morgan fingerprint density at radius 2 is 1.81 bits per heavy atom. The van der Waals surface area contributed by atoms with E-state index in [1.165, 1.54) is 9.80 Å². The summed E-state index contributed by atoms with van der Waals surface area (Å²) in [5.41, 5.74) is 0.186. The summed E-state index contributed by atoms with van der Waals surface area (Å²) in [5, 5.41) is 13.5. The molecule has 1 unspecified atom stereocenters. The van der Waals surface area contributed by atoms with Crippen LogP contribution in [0.1, 0.15) is 37.0 Å². The normalized spacial score (nSPS) is 19.8. The maximum absolute atomic E-state index is 13.5. The number of furan rings is 1. The molecule has 1 atom stereocenters. The molecule has 8 nitrogen and oxygen atoms in total. The maximum atomic E-state index is 13.5. The Hall–Kier alpha value is -3.26. The predicted molar refractivity (Wildman–Crippen MR) is 114 cm³/mol. The summed E-state index contributed by atoms with van der Waals surface area (Å²) in [7, 11) is 0. The van der Waals surface area contributed by atoms with Gasteiger partial charge in [0, 0.05) is 5.57 Å². The number of ketones is 1. The summed E-state index contributed by atoms with van der Waals surface area (Å²) < 4.78 is 16.9. The first-order valence-corrected chi connectivity index (χ1v) is 11.0. The Labute approximate surface area is 187 Å². The van der Waals surface area contributed by atoms with E-state index >= 15 is 0 Å². The fourth-order valence-corrected chi connectivity index (χ4v) is 4.22. The number of benzene rings is 1. The van der Waals surface area contributed by atoms with Crippen LogP contribution in [0, 0.1) is 6.92 Å². The van der Waals surface area contributed by atoms with Gasteiger partial charge in [-0.25, -0.2) is 0 Å². The lowest BCUT2D eigenvalue weighted by Crippen LogP contribution is -3.12. The second-order valence-corrected chi connectivity index (χ2v) is 7.99. The minimum absolute atomic E-state index is 0.0874. The number of quaternary nitrogens is 1. The van der Waals surface area contributed by atoms with Crippen LogP contribution < -0.4 is 19.5 Å². The highest BCUT2D eigenvalue weighted by molar-refractivity contribution is 6.46. The molecule has 0 saturated carbocycles. The van der Waals surface area contributed by atoms with Crippen molar-refractivity contribution in [3.8, 4) is 11.5 Å². The molecule has 3 heterocycles. The Balaban J connectivity index is 1.76. The van der Waals surface area contributed by atoms with Gasteiger partial charge in [0.05, 0.1) is 26.2 Å². The second-order valence-electron chi connectivity index (χ2n) is 7.99. The van der Waals surface area contributed by atoms with Crippen molar-refractivity contribution in [3.05, 3.63) is 53.0 Å². The highest BCUT2D eigenvalue weighted by Crippen LogP contribution is 2.40. The number of nitrogens with one attached hydrogen (secondary N) is 1. The summed E-state index contributed by atoms with van der Waals surface area (Å²) in [6.45, 7) is 9.60. The van der Waals surface area contributed by atoms with Gasteiger partial charge in [0.15, 0.2) is 11.5 Å². The number of carbonyl (C=O) groups excluding carboxylic acids is 2. The van der Waals surface area contributed by atoms with Gasteiger partial charge in [0.25, 0.3) is 5.91 Å². The molecule has 1 amide bonds. The van der Waals surface area contributed by atoms with Crippen LogP contribution >= 0.6 is 0 Å². The summed E-state index contributed by atoms with van der Waals surface area (Å²) in [6.07, 6.45) is 0. The molecule has 4 rings (SSSR count). The van der Waals surface area contributed by atoms with E-state index in [0.29, 0.717) is 49.3 Å². The number of rotatable bonds is 7. The third-order valence-corrected chi connectivity index (χ3v) is 6.07. The molecule has 1 saturated heterocycles. The first-order chi connectivity index (χ1) is 15.4. The SMILES string of the molecule is CC[NH+](CC)CCN1C(=O)C(=O)C(=C([O-])c2ccc3c(c2)OCCO3)C1c1ccc(C)o1. The monoisotopic (exact) mass is 440 g/mol. The highest BCUT2D eigenvalue weighted by atomic mass is 16.6. The van der Waals surface area contributed by atoms with Gasteiger partial charge in [-0.2, -0.15) is 0 Å². The molecule has 2 aliphatic heterocycles. The molecule has 8 heteroatoms. The summed E-state index contributed by atoms with van der Waals surface area (Å²) in [4.78, 5) is 28.8. The van der Waals surface area contributed by atoms with Crippen molar-refractivity contribution in [3.63, 3.8) is 0 Å². The molecule has 2 aromatic rings. The topological polar surface area (TPSA) is 96.5 Å². The molecule has 0 spiro atoms. The highest BCUT2D eigenvalue weighted by Gasteiger charge is 2.46. The number of fused-ring (bicyclic) bond motifs is 1. The predicted octanol–water partition coefficient (Wildman–Crippen LogP) is 0.508. The number of hydrogen-bond donors (Lipinski definition) is 1. The first-order valence-electron chi connectivity index (χ1n) is 11.0. The van der Waals surface area contributed by atoms with Crippen molar-refractivity contribution in [2.45, 2.75) is 26.8 Å². The number of Topliss-reactive ketones (excluding diaryl/α,β-unsaturated/α-hetero) is 1. The van der Waals surface area contributed by atoms with E-state index in [0.717, 1.165) is 13.1 Å². The van der Waals surface area contributed by atoms with Gasteiger partial charge in [-0.05, 0) is 50.6 Å². The summed E-state index contributed by atoms with van der Waals surface area (Å²) in [6, 6.07) is 7.45. The Bertz CT molecular complexity index is 1050. The van der Waals surface area contributed by atoms with Crippen LogP contribution in [0.25, 0.3) is 5.76 Å². The molecular formula is C24H28N2O6. The first kappa shape index (κ1) is 22.0. The van der Waals surface area contributed by atoms with Crippen LogP contribution in [0.2, 0.25) is 0 Å². The third kappa shape index (κ3) is 3.98. The smallest absolute Gasteiger partial charge is 0.295 e. The molecular weight excluding hydrogens is 412 g/mol. The zero-order valence-electron chi connectivity index (χ0n) is 18.6. The third-order valence-electron chi connectivity index (χ3n) is 6.07. The molecule has 1 N–H and O–H groups in total. The largest absolute Gasteiger partial charge is 0.872 e. The number of amides is 1. The van der Waals surface area contributed by atoms with Crippen molar-refractivity contribution < 1.29 is 33.5 Å². The maximum Gasteiger partial charge on any atom is 0.295 e. The van der Waals surface area contributed by atoms with E-state index in [-0.39, 0.29) is 11.1 Å². The second kappa shape index (κ2) is 9.08. The molecule has 0 aliphatic carbocycles. The van der Waals surface area contributed by atoms with Crippen molar-refractivity contribution in [1.29, 1.82) is 0 Å². The van der Waals surface area contributed by atoms with Crippen molar-refractivity contribution >= 4 is 17.4 Å². The molecule has 32 heavy (non-hydrogen) atoms. The molecule has 0 radical (unpaired) electrons. The molecule has 0 bridgehead atoms. The fourth-order valence-electron chi connectivity index (χ4n) is 4.22. The van der Waals surface area contributed by atoms with E-state index in [1.807, 2.05) is 0 Å². The van der Waals surface area contributed by atoms with Crippen molar-refractivity contribution in [1.82, 2.24) is 4.90 Å². The number of aryl methyl sites for hydroxylation is 1. The minimum Gasteiger partial charge on any atom is -0.872 e. The summed E-state index contributed by atoms with van der Waals surface area (Å²) >= 11 is 0. The number of likely N-dealkylation sites (tertiary alicyclic amines) is 1. The lowest BCUT2D eigenvalue weighted by Gasteiger charge is -2.27. The zero-order chi connectivity index (χ0) is 22.8. The van der Waals surface area contributed by atoms with Gasteiger partial charge >= 0.3 is 0 Å².